The molecule has 4 N–H and O–H groups in total. The monoisotopic (exact) mass is 482 g/mol. The van der Waals surface area contributed by atoms with Crippen LogP contribution in [-0.4, -0.2) is 108 Å². The summed E-state index contributed by atoms with van der Waals surface area (Å²) in [4.78, 5) is 28.6. The first-order valence-electron chi connectivity index (χ1n) is 10.7. The molecule has 0 bridgehead atoms. The maximum Gasteiger partial charge on any atom is 0.290 e. The lowest BCUT2D eigenvalue weighted by molar-refractivity contribution is -0.123. The second-order valence-electron chi connectivity index (χ2n) is 6.97. The highest BCUT2D eigenvalue weighted by atomic mass is 16.5. The van der Waals surface area contributed by atoms with Gasteiger partial charge < -0.3 is 34.5 Å². The van der Waals surface area contributed by atoms with E-state index in [9.17, 15) is 5.11 Å². The van der Waals surface area contributed by atoms with E-state index in [4.69, 9.17) is 34.0 Å². The molecule has 12 nitrogen and oxygen atoms in total. The topological polar surface area (TPSA) is 158 Å². The summed E-state index contributed by atoms with van der Waals surface area (Å²) in [5.41, 5.74) is 1.10. The van der Waals surface area contributed by atoms with E-state index in [2.05, 4.69) is 19.8 Å². The number of hydrogen-bond acceptors (Lipinski definition) is 9. The van der Waals surface area contributed by atoms with Gasteiger partial charge in [0.05, 0.1) is 33.5 Å². The maximum absolute atomic E-state index is 9.39. The summed E-state index contributed by atoms with van der Waals surface area (Å²) < 4.78 is 16.9. The summed E-state index contributed by atoms with van der Waals surface area (Å²) in [6.07, 6.45) is 3.54. The molecule has 1 aliphatic rings. The molecule has 0 atom stereocenters. The van der Waals surface area contributed by atoms with Crippen molar-refractivity contribution < 1.29 is 39.1 Å². The first-order valence-corrected chi connectivity index (χ1v) is 10.7. The highest BCUT2D eigenvalue weighted by molar-refractivity contribution is 5.43. The van der Waals surface area contributed by atoms with Crippen LogP contribution in [0, 0.1) is 0 Å². The van der Waals surface area contributed by atoms with Crippen LogP contribution < -0.4 is 9.47 Å². The molecule has 3 rings (SSSR count). The summed E-state index contributed by atoms with van der Waals surface area (Å²) in [6.45, 7) is 6.44. The van der Waals surface area contributed by atoms with Gasteiger partial charge in [-0.3, -0.25) is 19.4 Å². The Hall–Kier alpha value is -3.19. The van der Waals surface area contributed by atoms with Crippen LogP contribution in [0.25, 0.3) is 0 Å². The van der Waals surface area contributed by atoms with Gasteiger partial charge in [0.25, 0.3) is 12.9 Å². The normalized spacial score (nSPS) is 13.1. The zero-order chi connectivity index (χ0) is 25.0. The van der Waals surface area contributed by atoms with Crippen molar-refractivity contribution in [1.82, 2.24) is 19.8 Å². The average molecular weight is 483 g/mol. The third-order valence-corrected chi connectivity index (χ3v) is 4.75. The third kappa shape index (κ3) is 11.6. The Balaban J connectivity index is 0.000000872. The van der Waals surface area contributed by atoms with Crippen molar-refractivity contribution in [2.24, 2.45) is 0 Å². The van der Waals surface area contributed by atoms with Gasteiger partial charge in [-0.25, -0.2) is 4.98 Å². The Morgan fingerprint density at radius 1 is 1.18 bits per heavy atom. The second-order valence-corrected chi connectivity index (χ2v) is 6.97. The number of morpholine rings is 1. The molecular formula is C22H34N4O8. The quantitative estimate of drug-likeness (QED) is 0.331. The summed E-state index contributed by atoms with van der Waals surface area (Å²) in [5, 5.41) is 23.2. The number of imidazole rings is 1. The minimum atomic E-state index is -0.250. The molecule has 0 unspecified atom stereocenters. The number of aromatic nitrogens is 2. The Labute approximate surface area is 198 Å². The molecule has 1 saturated heterocycles. The molecule has 1 aromatic carbocycles. The van der Waals surface area contributed by atoms with Crippen molar-refractivity contribution in [3.63, 3.8) is 0 Å². The number of hydrogen-bond donors (Lipinski definition) is 4. The SMILES string of the molecule is COc1ccc(CN(CCO)Cc2ncc[nH]2)cc1OCCN1CCOCC1.O=CO.O=CO. The van der Waals surface area contributed by atoms with Crippen LogP contribution in [0.1, 0.15) is 11.4 Å². The van der Waals surface area contributed by atoms with E-state index in [-0.39, 0.29) is 19.6 Å². The van der Waals surface area contributed by atoms with Crippen molar-refractivity contribution in [2.75, 3.05) is 59.7 Å². The largest absolute Gasteiger partial charge is 0.493 e. The van der Waals surface area contributed by atoms with Gasteiger partial charge in [0.15, 0.2) is 11.5 Å². The Kier molecular flexibility index (Phi) is 15.5. The van der Waals surface area contributed by atoms with Crippen LogP contribution in [0.4, 0.5) is 0 Å². The van der Waals surface area contributed by atoms with Crippen molar-refractivity contribution in [3.8, 4) is 11.5 Å². The van der Waals surface area contributed by atoms with E-state index in [0.29, 0.717) is 26.2 Å². The fourth-order valence-corrected chi connectivity index (χ4v) is 3.25. The van der Waals surface area contributed by atoms with E-state index < -0.39 is 0 Å². The van der Waals surface area contributed by atoms with E-state index in [0.717, 1.165) is 55.7 Å². The second kappa shape index (κ2) is 18.3. The molecule has 0 saturated carbocycles. The lowest BCUT2D eigenvalue weighted by atomic mass is 10.2. The number of aliphatic hydroxyl groups is 1. The minimum Gasteiger partial charge on any atom is -0.493 e. The molecule has 1 aromatic heterocycles. The number of benzene rings is 1. The molecule has 1 fully saturated rings. The third-order valence-electron chi connectivity index (χ3n) is 4.75. The first-order chi connectivity index (χ1) is 16.6. The van der Waals surface area contributed by atoms with Gasteiger partial charge >= 0.3 is 0 Å². The zero-order valence-corrected chi connectivity index (χ0v) is 19.3. The van der Waals surface area contributed by atoms with Crippen LogP contribution >= 0.6 is 0 Å². The Bertz CT molecular complexity index is 779. The molecule has 0 aliphatic carbocycles. The Morgan fingerprint density at radius 3 is 2.47 bits per heavy atom. The van der Waals surface area contributed by atoms with Crippen LogP contribution in [0.3, 0.4) is 0 Å². The maximum atomic E-state index is 9.39. The molecule has 190 valence electrons. The summed E-state index contributed by atoms with van der Waals surface area (Å²) in [5.74, 6) is 2.35. The molecular weight excluding hydrogens is 448 g/mol. The lowest BCUT2D eigenvalue weighted by Gasteiger charge is -2.26. The van der Waals surface area contributed by atoms with E-state index >= 15 is 0 Å². The summed E-state index contributed by atoms with van der Waals surface area (Å²) in [6, 6.07) is 5.98. The number of nitrogens with one attached hydrogen (secondary N) is 1. The summed E-state index contributed by atoms with van der Waals surface area (Å²) in [7, 11) is 1.65. The van der Waals surface area contributed by atoms with Gasteiger partial charge in [-0.1, -0.05) is 6.07 Å². The van der Waals surface area contributed by atoms with Crippen molar-refractivity contribution in [2.45, 2.75) is 13.1 Å². The molecule has 0 spiro atoms. The fraction of sp³-hybridized carbons (Fsp3) is 0.500. The lowest BCUT2D eigenvalue weighted by Crippen LogP contribution is -2.38. The molecule has 12 heteroatoms. The Morgan fingerprint density at radius 2 is 1.88 bits per heavy atom. The van der Waals surface area contributed by atoms with Crippen molar-refractivity contribution in [3.05, 3.63) is 42.0 Å². The number of ether oxygens (including phenoxy) is 3. The standard InChI is InChI=1S/C20H30N4O4.2CH2O2/c1-26-18-3-2-17(15-24(6-10-25)16-20-21-4-5-22-20)14-19(18)28-13-9-23-7-11-27-12-8-23;2*2-1-3/h2-5,14,25H,6-13,15-16H2,1H3,(H,21,22);2*1H,(H,2,3). The molecule has 1 aliphatic heterocycles. The van der Waals surface area contributed by atoms with Gasteiger partial charge in [0.2, 0.25) is 0 Å². The van der Waals surface area contributed by atoms with Gasteiger partial charge in [-0.2, -0.15) is 0 Å². The minimum absolute atomic E-state index is 0.0970. The van der Waals surface area contributed by atoms with Gasteiger partial charge in [-0.15, -0.1) is 0 Å². The number of aromatic amines is 1. The molecule has 0 radical (unpaired) electrons. The number of rotatable bonds is 11. The van der Waals surface area contributed by atoms with Gasteiger partial charge in [0, 0.05) is 45.1 Å². The van der Waals surface area contributed by atoms with Crippen LogP contribution in [-0.2, 0) is 27.4 Å². The van der Waals surface area contributed by atoms with Crippen LogP contribution in [0.15, 0.2) is 30.6 Å². The van der Waals surface area contributed by atoms with Crippen molar-refractivity contribution in [1.29, 1.82) is 0 Å². The van der Waals surface area contributed by atoms with Crippen LogP contribution in [0.5, 0.6) is 11.5 Å². The fourth-order valence-electron chi connectivity index (χ4n) is 3.25. The van der Waals surface area contributed by atoms with E-state index in [1.807, 2.05) is 18.2 Å². The number of methoxy groups -OCH3 is 1. The van der Waals surface area contributed by atoms with E-state index in [1.54, 1.807) is 19.5 Å². The number of aliphatic hydroxyl groups excluding tert-OH is 1. The molecule has 2 aromatic rings. The molecule has 34 heavy (non-hydrogen) atoms. The first kappa shape index (κ1) is 28.8. The zero-order valence-electron chi connectivity index (χ0n) is 19.3. The number of H-pyrrole nitrogens is 1. The van der Waals surface area contributed by atoms with Gasteiger partial charge in [0.1, 0.15) is 12.4 Å². The highest BCUT2D eigenvalue weighted by Gasteiger charge is 2.13. The predicted octanol–water partition coefficient (Wildman–Crippen LogP) is 0.525. The van der Waals surface area contributed by atoms with Crippen molar-refractivity contribution >= 4 is 12.9 Å². The van der Waals surface area contributed by atoms with Gasteiger partial charge in [-0.05, 0) is 17.7 Å². The number of carboxylic acid groups (broad SMARTS) is 2. The smallest absolute Gasteiger partial charge is 0.290 e. The van der Waals surface area contributed by atoms with Crippen LogP contribution in [0.2, 0.25) is 0 Å². The summed E-state index contributed by atoms with van der Waals surface area (Å²) >= 11 is 0. The molecule has 2 heterocycles. The average Bonchev–Trinajstić information content (AvgIpc) is 3.34. The van der Waals surface area contributed by atoms with E-state index in [1.165, 1.54) is 0 Å². The highest BCUT2D eigenvalue weighted by Crippen LogP contribution is 2.28. The predicted molar refractivity (Wildman–Crippen MR) is 123 cm³/mol. The number of carbonyl (C=O) groups is 2. The number of nitrogens with zero attached hydrogens (tertiary/aromatic N) is 3. The molecule has 0 amide bonds.